The molecule has 1 N–H and O–H groups in total. The maximum Gasteiger partial charge on any atom is 0.148 e. The van der Waals surface area contributed by atoms with E-state index >= 15 is 0 Å². The molecule has 0 amide bonds. The third-order valence-electron chi connectivity index (χ3n) is 6.46. The Morgan fingerprint density at radius 1 is 1.00 bits per heavy atom. The van der Waals surface area contributed by atoms with Crippen molar-refractivity contribution in [3.05, 3.63) is 0 Å². The number of thiocarbonyl (C=S) groups is 1. The molecule has 0 aromatic heterocycles. The Labute approximate surface area is 127 Å². The smallest absolute Gasteiger partial charge is 0.148 e. The number of rotatable bonds is 3. The summed E-state index contributed by atoms with van der Waals surface area (Å²) in [6.45, 7) is 0. The van der Waals surface area contributed by atoms with Crippen LogP contribution in [0, 0.1) is 11.8 Å². The molecule has 4 fully saturated rings. The highest BCUT2D eigenvalue weighted by molar-refractivity contribution is 8.10. The minimum atomic E-state index is 0.304. The molecule has 4 aliphatic carbocycles. The molecule has 0 spiro atoms. The van der Waals surface area contributed by atoms with Gasteiger partial charge in [0.1, 0.15) is 4.32 Å². The summed E-state index contributed by atoms with van der Waals surface area (Å²) < 4.78 is 0.771. The fraction of sp³-hybridized carbons (Fsp3) is 0.933. The Balaban J connectivity index is 1.57. The Kier molecular flexibility index (Phi) is 2.95. The van der Waals surface area contributed by atoms with E-state index in [-0.39, 0.29) is 0 Å². The summed E-state index contributed by atoms with van der Waals surface area (Å²) in [5, 5.41) is 2.34. The maximum atomic E-state index is 5.48. The van der Waals surface area contributed by atoms with Gasteiger partial charge in [-0.25, -0.2) is 5.43 Å². The molecule has 0 unspecified atom stereocenters. The summed E-state index contributed by atoms with van der Waals surface area (Å²) in [5.41, 5.74) is 4.55. The summed E-state index contributed by atoms with van der Waals surface area (Å²) in [6, 6.07) is 0. The minimum Gasteiger partial charge on any atom is -0.287 e. The zero-order valence-corrected chi connectivity index (χ0v) is 13.2. The van der Waals surface area contributed by atoms with Crippen LogP contribution in [0.15, 0.2) is 0 Å². The average molecular weight is 297 g/mol. The predicted molar refractivity (Wildman–Crippen MR) is 85.2 cm³/mol. The SMILES string of the molecule is S=C(S)N(NC12CCC(CC1)C2)C12CCC(CC1)C2. The van der Waals surface area contributed by atoms with E-state index in [0.29, 0.717) is 11.1 Å². The number of nitrogens with zero attached hydrogens (tertiary/aromatic N) is 1. The summed E-state index contributed by atoms with van der Waals surface area (Å²) in [6.07, 6.45) is 13.6. The molecule has 0 aromatic rings. The first-order chi connectivity index (χ1) is 9.11. The van der Waals surface area contributed by atoms with Gasteiger partial charge in [-0.15, -0.1) is 12.6 Å². The highest BCUT2D eigenvalue weighted by atomic mass is 32.1. The van der Waals surface area contributed by atoms with E-state index in [1.807, 2.05) is 0 Å². The Morgan fingerprint density at radius 3 is 2.00 bits per heavy atom. The van der Waals surface area contributed by atoms with Crippen molar-refractivity contribution in [2.24, 2.45) is 11.8 Å². The zero-order valence-electron chi connectivity index (χ0n) is 11.5. The number of nitrogens with one attached hydrogen (secondary N) is 1. The Hall–Kier alpha value is 0.200. The van der Waals surface area contributed by atoms with Gasteiger partial charge in [-0.05, 0) is 76.0 Å². The minimum absolute atomic E-state index is 0.304. The van der Waals surface area contributed by atoms with E-state index in [1.165, 1.54) is 64.2 Å². The van der Waals surface area contributed by atoms with Crippen LogP contribution >= 0.6 is 24.8 Å². The van der Waals surface area contributed by atoms with Gasteiger partial charge in [-0.2, -0.15) is 0 Å². The fourth-order valence-electron chi connectivity index (χ4n) is 5.43. The Bertz CT molecular complexity index is 393. The van der Waals surface area contributed by atoms with Crippen molar-refractivity contribution in [1.82, 2.24) is 10.4 Å². The molecule has 0 heterocycles. The lowest BCUT2D eigenvalue weighted by Gasteiger charge is -2.46. The third kappa shape index (κ3) is 1.97. The van der Waals surface area contributed by atoms with E-state index in [4.69, 9.17) is 12.2 Å². The number of thiol groups is 1. The second kappa shape index (κ2) is 4.35. The van der Waals surface area contributed by atoms with Crippen molar-refractivity contribution in [2.45, 2.75) is 75.3 Å². The number of hydrazine groups is 1. The van der Waals surface area contributed by atoms with Crippen LogP contribution in [0.5, 0.6) is 0 Å². The van der Waals surface area contributed by atoms with E-state index in [0.717, 1.165) is 16.2 Å². The molecule has 0 aromatic carbocycles. The molecular formula is C15H24N2S2. The van der Waals surface area contributed by atoms with Crippen LogP contribution < -0.4 is 5.43 Å². The van der Waals surface area contributed by atoms with Crippen molar-refractivity contribution >= 4 is 29.2 Å². The van der Waals surface area contributed by atoms with Gasteiger partial charge in [-0.3, -0.25) is 5.01 Å². The molecule has 2 nitrogen and oxygen atoms in total. The van der Waals surface area contributed by atoms with Crippen molar-refractivity contribution in [2.75, 3.05) is 0 Å². The van der Waals surface area contributed by atoms with Gasteiger partial charge in [0.15, 0.2) is 0 Å². The lowest BCUT2D eigenvalue weighted by molar-refractivity contribution is 0.0717. The van der Waals surface area contributed by atoms with Gasteiger partial charge in [0, 0.05) is 5.54 Å². The van der Waals surface area contributed by atoms with Crippen LogP contribution in [0.25, 0.3) is 0 Å². The molecule has 19 heavy (non-hydrogen) atoms. The van der Waals surface area contributed by atoms with Crippen LogP contribution in [0.1, 0.15) is 64.2 Å². The second-order valence-corrected chi connectivity index (χ2v) is 8.64. The average Bonchev–Trinajstić information content (AvgIpc) is 3.15. The summed E-state index contributed by atoms with van der Waals surface area (Å²) in [4.78, 5) is 0. The predicted octanol–water partition coefficient (Wildman–Crippen LogP) is 3.67. The monoisotopic (exact) mass is 296 g/mol. The standard InChI is InChI=1S/C15H24N2S2/c18-13(19)17(15-7-3-12(10-15)4-8-15)16-14-5-1-11(9-14)2-6-14/h11-12,16H,1-10H2,(H,18,19). The molecule has 0 saturated heterocycles. The van der Waals surface area contributed by atoms with Crippen LogP contribution in [0.4, 0.5) is 0 Å². The maximum absolute atomic E-state index is 5.48. The van der Waals surface area contributed by atoms with Crippen LogP contribution in [0.2, 0.25) is 0 Å². The molecule has 106 valence electrons. The largest absolute Gasteiger partial charge is 0.287 e. The fourth-order valence-corrected chi connectivity index (χ4v) is 5.93. The van der Waals surface area contributed by atoms with Crippen LogP contribution in [-0.4, -0.2) is 20.4 Å². The van der Waals surface area contributed by atoms with Gasteiger partial charge < -0.3 is 0 Å². The molecule has 4 bridgehead atoms. The highest BCUT2D eigenvalue weighted by Crippen LogP contribution is 2.53. The third-order valence-corrected chi connectivity index (χ3v) is 6.84. The first-order valence-corrected chi connectivity index (χ1v) is 8.77. The summed E-state index contributed by atoms with van der Waals surface area (Å²) in [5.74, 6) is 1.92. The van der Waals surface area contributed by atoms with Crippen molar-refractivity contribution in [1.29, 1.82) is 0 Å². The molecule has 4 rings (SSSR count). The van der Waals surface area contributed by atoms with Crippen molar-refractivity contribution < 1.29 is 0 Å². The molecule has 4 saturated carbocycles. The first-order valence-electron chi connectivity index (χ1n) is 7.92. The quantitative estimate of drug-likeness (QED) is 0.470. The van der Waals surface area contributed by atoms with Crippen LogP contribution in [-0.2, 0) is 0 Å². The second-order valence-electron chi connectivity index (χ2n) is 7.53. The van der Waals surface area contributed by atoms with E-state index < -0.39 is 0 Å². The molecule has 0 radical (unpaired) electrons. The van der Waals surface area contributed by atoms with Gasteiger partial charge in [-0.1, -0.05) is 12.2 Å². The van der Waals surface area contributed by atoms with Gasteiger partial charge in [0.05, 0.1) is 5.54 Å². The van der Waals surface area contributed by atoms with E-state index in [9.17, 15) is 0 Å². The van der Waals surface area contributed by atoms with Crippen molar-refractivity contribution in [3.63, 3.8) is 0 Å². The number of hydrogen-bond acceptors (Lipinski definition) is 2. The molecule has 0 aliphatic heterocycles. The molecule has 4 heteroatoms. The van der Waals surface area contributed by atoms with Gasteiger partial charge in [0.2, 0.25) is 0 Å². The normalized spacial score (nSPS) is 47.0. The molecule has 0 atom stereocenters. The van der Waals surface area contributed by atoms with Crippen LogP contribution in [0.3, 0.4) is 0 Å². The summed E-state index contributed by atoms with van der Waals surface area (Å²) >= 11 is 10.0. The Morgan fingerprint density at radius 2 is 1.58 bits per heavy atom. The molecular weight excluding hydrogens is 272 g/mol. The zero-order chi connectivity index (χ0) is 13.1. The topological polar surface area (TPSA) is 15.3 Å². The van der Waals surface area contributed by atoms with E-state index in [1.54, 1.807) is 0 Å². The van der Waals surface area contributed by atoms with Crippen molar-refractivity contribution in [3.8, 4) is 0 Å². The van der Waals surface area contributed by atoms with Gasteiger partial charge in [0.25, 0.3) is 0 Å². The number of fused-ring (bicyclic) bond motifs is 4. The summed E-state index contributed by atoms with van der Waals surface area (Å²) in [7, 11) is 0. The lowest BCUT2D eigenvalue weighted by atomic mass is 9.91. The van der Waals surface area contributed by atoms with E-state index in [2.05, 4.69) is 23.1 Å². The number of hydrogen-bond donors (Lipinski definition) is 2. The first kappa shape index (κ1) is 12.9. The van der Waals surface area contributed by atoms with Gasteiger partial charge >= 0.3 is 0 Å². The lowest BCUT2D eigenvalue weighted by Crippen LogP contribution is -2.61. The highest BCUT2D eigenvalue weighted by Gasteiger charge is 2.53. The molecule has 4 aliphatic rings.